The van der Waals surface area contributed by atoms with Crippen LogP contribution in [0.15, 0.2) is 58.8 Å². The summed E-state index contributed by atoms with van der Waals surface area (Å²) in [5, 5.41) is 20.4. The molecule has 5 nitrogen and oxygen atoms in total. The highest BCUT2D eigenvalue weighted by Crippen LogP contribution is 2.21. The molecular weight excluding hydrogens is 238 g/mol. The zero-order valence-corrected chi connectivity index (χ0v) is 10.7. The molecule has 96 valence electrons. The highest BCUT2D eigenvalue weighted by atomic mass is 15.1. The quantitative estimate of drug-likeness (QED) is 0.663. The Kier molecular flexibility index (Phi) is 5.86. The Morgan fingerprint density at radius 2 is 1.58 bits per heavy atom. The van der Waals surface area contributed by atoms with Crippen molar-refractivity contribution >= 4 is 11.4 Å². The number of benzene rings is 2. The van der Waals surface area contributed by atoms with Crippen molar-refractivity contribution in [1.29, 1.82) is 10.8 Å². The van der Waals surface area contributed by atoms with Crippen LogP contribution in [-0.2, 0) is 6.54 Å². The summed E-state index contributed by atoms with van der Waals surface area (Å²) in [4.78, 5) is 0. The third-order valence-electron chi connectivity index (χ3n) is 2.52. The van der Waals surface area contributed by atoms with Crippen LogP contribution in [-0.4, -0.2) is 0 Å². The van der Waals surface area contributed by atoms with Crippen LogP contribution in [0.4, 0.5) is 11.4 Å². The third kappa shape index (κ3) is 4.30. The molecule has 0 amide bonds. The molecule has 0 aliphatic heterocycles. The van der Waals surface area contributed by atoms with Crippen LogP contribution in [0.3, 0.4) is 0 Å². The van der Waals surface area contributed by atoms with Gasteiger partial charge in [-0.25, -0.2) is 0 Å². The summed E-state index contributed by atoms with van der Waals surface area (Å²) in [6.07, 6.45) is 0. The molecule has 2 aromatic carbocycles. The minimum Gasteiger partial charge on any atom is -0.326 e. The lowest BCUT2D eigenvalue weighted by atomic mass is 10.2. The highest BCUT2D eigenvalue weighted by molar-refractivity contribution is 5.46. The Hall–Kier alpha value is -2.58. The number of nitrogens with zero attached hydrogens (tertiary/aromatic N) is 4. The molecule has 0 aliphatic carbocycles. The Morgan fingerprint density at radius 1 is 0.947 bits per heavy atom. The first kappa shape index (κ1) is 14.5. The molecule has 0 saturated carbocycles. The molecule has 2 rings (SSSR count). The van der Waals surface area contributed by atoms with Gasteiger partial charge in [-0.1, -0.05) is 35.9 Å². The van der Waals surface area contributed by atoms with Crippen molar-refractivity contribution in [2.24, 2.45) is 16.0 Å². The van der Waals surface area contributed by atoms with E-state index in [1.807, 2.05) is 55.5 Å². The van der Waals surface area contributed by atoms with E-state index in [9.17, 15) is 0 Å². The Morgan fingerprint density at radius 3 is 2.21 bits per heavy atom. The van der Waals surface area contributed by atoms with Gasteiger partial charge in [0.15, 0.2) is 0 Å². The molecule has 0 unspecified atom stereocenters. The predicted octanol–water partition coefficient (Wildman–Crippen LogP) is 3.90. The fourth-order valence-electron chi connectivity index (χ4n) is 1.50. The second-order valence-electron chi connectivity index (χ2n) is 3.87. The second-order valence-corrected chi connectivity index (χ2v) is 3.87. The lowest BCUT2D eigenvalue weighted by Crippen LogP contribution is -1.95. The van der Waals surface area contributed by atoms with Crippen molar-refractivity contribution < 1.29 is 0 Å². The first-order valence-electron chi connectivity index (χ1n) is 5.76. The van der Waals surface area contributed by atoms with E-state index in [0.717, 1.165) is 16.9 Å². The van der Waals surface area contributed by atoms with Gasteiger partial charge in [0.1, 0.15) is 0 Å². The standard InChI is InChI=1S/C14H15N3.N2/c1-11-6-8-13(9-7-11)16-17-14-5-3-2-4-12(14)10-15;1-2/h2-9H,10,15H2,1H3;. The summed E-state index contributed by atoms with van der Waals surface area (Å²) in [7, 11) is 0. The molecule has 5 heteroatoms. The van der Waals surface area contributed by atoms with Crippen molar-refractivity contribution in [3.05, 3.63) is 59.7 Å². The number of azo groups is 1. The molecule has 0 fully saturated rings. The molecule has 0 radical (unpaired) electrons. The average molecular weight is 253 g/mol. The topological polar surface area (TPSA) is 98.3 Å². The van der Waals surface area contributed by atoms with Crippen LogP contribution in [0.5, 0.6) is 0 Å². The molecule has 0 bridgehead atoms. The molecule has 0 spiro atoms. The summed E-state index contributed by atoms with van der Waals surface area (Å²) >= 11 is 0. The Bertz CT molecular complexity index is 558. The number of rotatable bonds is 3. The fraction of sp³-hybridized carbons (Fsp3) is 0.143. The largest absolute Gasteiger partial charge is 0.326 e. The SMILES string of the molecule is Cc1ccc(N=Nc2ccccc2CN)cc1.N#N. The third-order valence-corrected chi connectivity index (χ3v) is 2.52. The Labute approximate surface area is 112 Å². The van der Waals surface area contributed by atoms with E-state index in [0.29, 0.717) is 6.54 Å². The van der Waals surface area contributed by atoms with E-state index < -0.39 is 0 Å². The van der Waals surface area contributed by atoms with E-state index in [1.54, 1.807) is 0 Å². The average Bonchev–Trinajstić information content (AvgIpc) is 2.49. The molecule has 0 saturated heterocycles. The van der Waals surface area contributed by atoms with Gasteiger partial charge in [-0.2, -0.15) is 10.2 Å². The first-order valence-corrected chi connectivity index (χ1v) is 5.76. The number of hydrogen-bond donors (Lipinski definition) is 1. The summed E-state index contributed by atoms with van der Waals surface area (Å²) in [6, 6.07) is 15.7. The lowest BCUT2D eigenvalue weighted by Gasteiger charge is -2.00. The number of hydrogen-bond acceptors (Lipinski definition) is 5. The van der Waals surface area contributed by atoms with Gasteiger partial charge in [0, 0.05) is 17.3 Å². The summed E-state index contributed by atoms with van der Waals surface area (Å²) < 4.78 is 0. The number of aryl methyl sites for hydroxylation is 1. The van der Waals surface area contributed by atoms with Crippen molar-refractivity contribution in [2.45, 2.75) is 13.5 Å². The van der Waals surface area contributed by atoms with Gasteiger partial charge in [-0.3, -0.25) is 0 Å². The zero-order valence-electron chi connectivity index (χ0n) is 10.7. The number of nitrogens with two attached hydrogens (primary N) is 1. The van der Waals surface area contributed by atoms with Crippen LogP contribution in [0, 0.1) is 17.7 Å². The van der Waals surface area contributed by atoms with Crippen LogP contribution >= 0.6 is 0 Å². The van der Waals surface area contributed by atoms with Crippen LogP contribution < -0.4 is 5.73 Å². The van der Waals surface area contributed by atoms with E-state index >= 15 is 0 Å². The lowest BCUT2D eigenvalue weighted by molar-refractivity contribution is 1.05. The van der Waals surface area contributed by atoms with Gasteiger partial charge >= 0.3 is 0 Å². The normalized spacial score (nSPS) is 9.89. The van der Waals surface area contributed by atoms with E-state index in [1.165, 1.54) is 5.56 Å². The van der Waals surface area contributed by atoms with Gasteiger partial charge in [-0.05, 0) is 30.7 Å². The van der Waals surface area contributed by atoms with Gasteiger partial charge in [0.25, 0.3) is 0 Å². The predicted molar refractivity (Wildman–Crippen MR) is 73.1 cm³/mol. The van der Waals surface area contributed by atoms with Crippen LogP contribution in [0.25, 0.3) is 0 Å². The van der Waals surface area contributed by atoms with Crippen molar-refractivity contribution in [3.8, 4) is 0 Å². The summed E-state index contributed by atoms with van der Waals surface area (Å²) in [5.41, 5.74) is 9.53. The molecule has 2 aromatic rings. The van der Waals surface area contributed by atoms with Crippen molar-refractivity contribution in [3.63, 3.8) is 0 Å². The van der Waals surface area contributed by atoms with Gasteiger partial charge in [0.2, 0.25) is 0 Å². The molecule has 0 heterocycles. The molecule has 0 atom stereocenters. The van der Waals surface area contributed by atoms with E-state index in [-0.39, 0.29) is 0 Å². The smallest absolute Gasteiger partial charge is 0.0901 e. The Balaban J connectivity index is 0.000000861. The fourth-order valence-corrected chi connectivity index (χ4v) is 1.50. The van der Waals surface area contributed by atoms with Crippen LogP contribution in [0.1, 0.15) is 11.1 Å². The summed E-state index contributed by atoms with van der Waals surface area (Å²) in [5.74, 6) is 0. The first-order chi connectivity index (χ1) is 9.29. The maximum Gasteiger partial charge on any atom is 0.0901 e. The van der Waals surface area contributed by atoms with Crippen LogP contribution in [0.2, 0.25) is 0 Å². The maximum absolute atomic E-state index is 6.00. The zero-order chi connectivity index (χ0) is 14.1. The van der Waals surface area contributed by atoms with Gasteiger partial charge in [-0.15, -0.1) is 0 Å². The molecule has 0 aromatic heterocycles. The van der Waals surface area contributed by atoms with E-state index in [2.05, 4.69) is 10.2 Å². The molecule has 2 N–H and O–H groups in total. The second kappa shape index (κ2) is 7.69. The van der Waals surface area contributed by atoms with E-state index in [4.69, 9.17) is 16.5 Å². The maximum atomic E-state index is 6.00. The molecule has 0 aliphatic rings. The minimum absolute atomic E-state index is 0.475. The van der Waals surface area contributed by atoms with Crippen molar-refractivity contribution in [1.82, 2.24) is 0 Å². The summed E-state index contributed by atoms with van der Waals surface area (Å²) in [6.45, 7) is 2.52. The van der Waals surface area contributed by atoms with Crippen molar-refractivity contribution in [2.75, 3.05) is 0 Å². The molecule has 19 heavy (non-hydrogen) atoms. The minimum atomic E-state index is 0.475. The highest BCUT2D eigenvalue weighted by Gasteiger charge is 1.97. The monoisotopic (exact) mass is 253 g/mol. The van der Waals surface area contributed by atoms with Gasteiger partial charge in [0.05, 0.1) is 11.4 Å². The molecular formula is C14H15N5. The van der Waals surface area contributed by atoms with Gasteiger partial charge < -0.3 is 5.73 Å².